The van der Waals surface area contributed by atoms with Crippen LogP contribution in [-0.2, 0) is 6.54 Å². The maximum atomic E-state index is 13.4. The highest BCUT2D eigenvalue weighted by atomic mass is 79.9. The fourth-order valence-corrected chi connectivity index (χ4v) is 4.27. The molecule has 2 aromatic carbocycles. The van der Waals surface area contributed by atoms with Crippen LogP contribution in [0.2, 0.25) is 0 Å². The monoisotopic (exact) mass is 494 g/mol. The molecule has 4 aromatic rings. The number of aromatic nitrogens is 3. The third kappa shape index (κ3) is 4.86. The van der Waals surface area contributed by atoms with Gasteiger partial charge in [0.1, 0.15) is 10.9 Å². The van der Waals surface area contributed by atoms with E-state index in [1.54, 1.807) is 29.3 Å². The number of hydrogen-bond acceptors (Lipinski definition) is 5. The predicted molar refractivity (Wildman–Crippen MR) is 125 cm³/mol. The minimum atomic E-state index is -0.207. The van der Waals surface area contributed by atoms with Gasteiger partial charge in [-0.1, -0.05) is 36.0 Å². The normalized spacial score (nSPS) is 10.9. The standard InChI is InChI=1S/C23H19BrN4O2S/c1-2-28(14-20-26-18-9-5-3-7-16(18)22(29)27-20)23(30)17-8-4-6-10-19(17)31-21-12-11-15(24)13-25-21/h3-13H,2,14H2,1H3,(H,26,27,29). The number of rotatable bonds is 6. The van der Waals surface area contributed by atoms with Crippen LogP contribution in [0.3, 0.4) is 0 Å². The van der Waals surface area contributed by atoms with Crippen molar-refractivity contribution in [1.82, 2.24) is 19.9 Å². The molecule has 1 N–H and O–H groups in total. The van der Waals surface area contributed by atoms with E-state index in [0.717, 1.165) is 14.4 Å². The van der Waals surface area contributed by atoms with Crippen molar-refractivity contribution in [1.29, 1.82) is 0 Å². The van der Waals surface area contributed by atoms with Crippen LogP contribution in [0.15, 0.2) is 86.0 Å². The summed E-state index contributed by atoms with van der Waals surface area (Å²) in [5, 5.41) is 1.33. The number of aromatic amines is 1. The molecule has 6 nitrogen and oxygen atoms in total. The molecule has 8 heteroatoms. The van der Waals surface area contributed by atoms with Crippen LogP contribution in [0.5, 0.6) is 0 Å². The first kappa shape index (κ1) is 21.3. The molecule has 156 valence electrons. The Labute approximate surface area is 191 Å². The van der Waals surface area contributed by atoms with E-state index in [1.165, 1.54) is 11.8 Å². The Morgan fingerprint density at radius 2 is 1.87 bits per heavy atom. The number of H-pyrrole nitrogens is 1. The van der Waals surface area contributed by atoms with Crippen LogP contribution < -0.4 is 5.56 Å². The van der Waals surface area contributed by atoms with Gasteiger partial charge in [0.25, 0.3) is 11.5 Å². The molecular weight excluding hydrogens is 476 g/mol. The number of pyridine rings is 1. The maximum Gasteiger partial charge on any atom is 0.258 e. The molecule has 0 bridgehead atoms. The minimum Gasteiger partial charge on any atom is -0.331 e. The summed E-state index contributed by atoms with van der Waals surface area (Å²) in [5.41, 5.74) is 0.991. The maximum absolute atomic E-state index is 13.4. The smallest absolute Gasteiger partial charge is 0.258 e. The number of halogens is 1. The van der Waals surface area contributed by atoms with Gasteiger partial charge < -0.3 is 9.88 Å². The zero-order valence-corrected chi connectivity index (χ0v) is 19.1. The largest absolute Gasteiger partial charge is 0.331 e. The molecular formula is C23H19BrN4O2S. The highest BCUT2D eigenvalue weighted by molar-refractivity contribution is 9.10. The van der Waals surface area contributed by atoms with E-state index in [0.29, 0.717) is 28.8 Å². The third-order valence-electron chi connectivity index (χ3n) is 4.70. The number of nitrogens with zero attached hydrogens (tertiary/aromatic N) is 3. The molecule has 0 spiro atoms. The Morgan fingerprint density at radius 1 is 1.10 bits per heavy atom. The molecule has 0 radical (unpaired) electrons. The van der Waals surface area contributed by atoms with Gasteiger partial charge in [-0.3, -0.25) is 9.59 Å². The summed E-state index contributed by atoms with van der Waals surface area (Å²) in [4.78, 5) is 39.9. The Hall–Kier alpha value is -2.97. The van der Waals surface area contributed by atoms with Gasteiger partial charge in [-0.05, 0) is 59.3 Å². The van der Waals surface area contributed by atoms with Crippen molar-refractivity contribution in [3.05, 3.63) is 93.1 Å². The quantitative estimate of drug-likeness (QED) is 0.412. The zero-order chi connectivity index (χ0) is 21.8. The first-order chi connectivity index (χ1) is 15.0. The molecule has 0 aliphatic carbocycles. The van der Waals surface area contributed by atoms with Gasteiger partial charge in [0.05, 0.1) is 23.0 Å². The summed E-state index contributed by atoms with van der Waals surface area (Å²) >= 11 is 4.82. The van der Waals surface area contributed by atoms with Gasteiger partial charge in [0.15, 0.2) is 0 Å². The van der Waals surface area contributed by atoms with Crippen molar-refractivity contribution < 1.29 is 4.79 Å². The molecule has 0 saturated carbocycles. The van der Waals surface area contributed by atoms with E-state index in [2.05, 4.69) is 30.9 Å². The summed E-state index contributed by atoms with van der Waals surface area (Å²) in [6.07, 6.45) is 1.73. The second-order valence-electron chi connectivity index (χ2n) is 6.76. The summed E-state index contributed by atoms with van der Waals surface area (Å²) in [5.74, 6) is 0.331. The van der Waals surface area contributed by atoms with Crippen LogP contribution in [0.25, 0.3) is 10.9 Å². The lowest BCUT2D eigenvalue weighted by Crippen LogP contribution is -2.32. The van der Waals surface area contributed by atoms with Crippen molar-refractivity contribution in [2.45, 2.75) is 23.4 Å². The lowest BCUT2D eigenvalue weighted by molar-refractivity contribution is 0.0745. The van der Waals surface area contributed by atoms with Crippen LogP contribution >= 0.6 is 27.7 Å². The second-order valence-corrected chi connectivity index (χ2v) is 8.74. The molecule has 0 atom stereocenters. The van der Waals surface area contributed by atoms with Crippen LogP contribution in [0.4, 0.5) is 0 Å². The van der Waals surface area contributed by atoms with Gasteiger partial charge in [0.2, 0.25) is 0 Å². The summed E-state index contributed by atoms with van der Waals surface area (Å²) in [7, 11) is 0. The van der Waals surface area contributed by atoms with Crippen molar-refractivity contribution in [3.8, 4) is 0 Å². The molecule has 2 aromatic heterocycles. The van der Waals surface area contributed by atoms with Crippen molar-refractivity contribution >= 4 is 44.5 Å². The number of hydrogen-bond donors (Lipinski definition) is 1. The molecule has 31 heavy (non-hydrogen) atoms. The fourth-order valence-electron chi connectivity index (χ4n) is 3.16. The first-order valence-electron chi connectivity index (χ1n) is 9.71. The lowest BCUT2D eigenvalue weighted by Gasteiger charge is -2.21. The number of para-hydroxylation sites is 1. The highest BCUT2D eigenvalue weighted by Crippen LogP contribution is 2.30. The Balaban J connectivity index is 1.61. The van der Waals surface area contributed by atoms with Crippen molar-refractivity contribution in [3.63, 3.8) is 0 Å². The summed E-state index contributed by atoms with van der Waals surface area (Å²) < 4.78 is 0.898. The van der Waals surface area contributed by atoms with Gasteiger partial charge in [-0.25, -0.2) is 9.97 Å². The van der Waals surface area contributed by atoms with E-state index >= 15 is 0 Å². The number of amides is 1. The molecule has 0 saturated heterocycles. The number of benzene rings is 2. The molecule has 2 heterocycles. The second kappa shape index (κ2) is 9.45. The number of carbonyl (C=O) groups excluding carboxylic acids is 1. The molecule has 0 fully saturated rings. The molecule has 1 amide bonds. The van der Waals surface area contributed by atoms with E-state index in [-0.39, 0.29) is 18.0 Å². The number of fused-ring (bicyclic) bond motifs is 1. The first-order valence-corrected chi connectivity index (χ1v) is 11.3. The van der Waals surface area contributed by atoms with Crippen molar-refractivity contribution in [2.24, 2.45) is 0 Å². The Morgan fingerprint density at radius 3 is 2.65 bits per heavy atom. The van der Waals surface area contributed by atoms with Gasteiger partial charge in [0, 0.05) is 22.1 Å². The summed E-state index contributed by atoms with van der Waals surface area (Å²) in [6, 6.07) is 18.4. The molecule has 0 aliphatic heterocycles. The average molecular weight is 495 g/mol. The number of carbonyl (C=O) groups is 1. The van der Waals surface area contributed by atoms with E-state index in [9.17, 15) is 9.59 Å². The minimum absolute atomic E-state index is 0.126. The molecule has 0 aliphatic rings. The van der Waals surface area contributed by atoms with E-state index in [4.69, 9.17) is 0 Å². The van der Waals surface area contributed by atoms with Gasteiger partial charge in [-0.2, -0.15) is 0 Å². The van der Waals surface area contributed by atoms with Gasteiger partial charge in [-0.15, -0.1) is 0 Å². The van der Waals surface area contributed by atoms with E-state index < -0.39 is 0 Å². The molecule has 4 rings (SSSR count). The Bertz CT molecular complexity index is 1290. The predicted octanol–water partition coefficient (Wildman–Crippen LogP) is 4.89. The third-order valence-corrected chi connectivity index (χ3v) is 6.20. The summed E-state index contributed by atoms with van der Waals surface area (Å²) in [6.45, 7) is 2.60. The highest BCUT2D eigenvalue weighted by Gasteiger charge is 2.20. The average Bonchev–Trinajstić information content (AvgIpc) is 2.79. The fraction of sp³-hybridized carbons (Fsp3) is 0.130. The van der Waals surface area contributed by atoms with E-state index in [1.807, 2.05) is 49.4 Å². The Kier molecular flexibility index (Phi) is 6.48. The van der Waals surface area contributed by atoms with Crippen LogP contribution in [-0.4, -0.2) is 32.3 Å². The number of nitrogens with one attached hydrogen (secondary N) is 1. The van der Waals surface area contributed by atoms with Crippen molar-refractivity contribution in [2.75, 3.05) is 6.54 Å². The van der Waals surface area contributed by atoms with Crippen LogP contribution in [0, 0.1) is 0 Å². The topological polar surface area (TPSA) is 79.0 Å². The molecule has 0 unspecified atom stereocenters. The van der Waals surface area contributed by atoms with Crippen LogP contribution in [0.1, 0.15) is 23.1 Å². The van der Waals surface area contributed by atoms with Gasteiger partial charge >= 0.3 is 0 Å². The SMILES string of the molecule is CCN(Cc1nc2ccccc2c(=O)[nH]1)C(=O)c1ccccc1Sc1ccc(Br)cn1. The lowest BCUT2D eigenvalue weighted by atomic mass is 10.2. The zero-order valence-electron chi connectivity index (χ0n) is 16.7.